The fraction of sp³-hybridized carbons (Fsp3) is 0.600. The van der Waals surface area contributed by atoms with E-state index in [9.17, 15) is 5.11 Å². The Morgan fingerprint density at radius 3 is 2.65 bits per heavy atom. The Labute approximate surface area is 104 Å². The maximum atomic E-state index is 9.76. The van der Waals surface area contributed by atoms with E-state index in [1.165, 1.54) is 12.0 Å². The molecule has 2 heteroatoms. The van der Waals surface area contributed by atoms with Gasteiger partial charge in [-0.3, -0.25) is 0 Å². The van der Waals surface area contributed by atoms with Crippen molar-refractivity contribution in [1.29, 1.82) is 0 Å². The lowest BCUT2D eigenvalue weighted by molar-refractivity contribution is -0.0590. The summed E-state index contributed by atoms with van der Waals surface area (Å²) in [6, 6.07) is 10.5. The molecule has 1 aromatic rings. The zero-order valence-corrected chi connectivity index (χ0v) is 10.3. The Morgan fingerprint density at radius 2 is 1.88 bits per heavy atom. The number of rotatable bonds is 5. The Hall–Kier alpha value is -0.860. The largest absolute Gasteiger partial charge is 0.390 e. The lowest BCUT2D eigenvalue weighted by atomic mass is 9.95. The third-order valence-corrected chi connectivity index (χ3v) is 3.45. The summed E-state index contributed by atoms with van der Waals surface area (Å²) in [6.07, 6.45) is 6.21. The second kappa shape index (κ2) is 6.77. The van der Waals surface area contributed by atoms with Gasteiger partial charge in [0.05, 0.1) is 12.2 Å². The molecule has 0 heterocycles. The van der Waals surface area contributed by atoms with Crippen LogP contribution in [0.1, 0.15) is 37.7 Å². The number of benzene rings is 1. The zero-order valence-electron chi connectivity index (χ0n) is 10.3. The molecule has 2 rings (SSSR count). The molecule has 0 amide bonds. The van der Waals surface area contributed by atoms with E-state index in [0.29, 0.717) is 0 Å². The summed E-state index contributed by atoms with van der Waals surface area (Å²) in [5.74, 6) is 0. The van der Waals surface area contributed by atoms with Crippen molar-refractivity contribution in [3.8, 4) is 0 Å². The van der Waals surface area contributed by atoms with Crippen LogP contribution < -0.4 is 0 Å². The molecule has 2 nitrogen and oxygen atoms in total. The van der Waals surface area contributed by atoms with E-state index >= 15 is 0 Å². The summed E-state index contributed by atoms with van der Waals surface area (Å²) in [5.41, 5.74) is 1.36. The molecule has 0 spiro atoms. The predicted molar refractivity (Wildman–Crippen MR) is 69.0 cm³/mol. The third kappa shape index (κ3) is 4.14. The lowest BCUT2D eigenvalue weighted by Crippen LogP contribution is -2.32. The minimum atomic E-state index is -0.236. The van der Waals surface area contributed by atoms with Gasteiger partial charge in [-0.05, 0) is 31.2 Å². The van der Waals surface area contributed by atoms with E-state index in [1.807, 2.05) is 6.07 Å². The molecule has 1 aliphatic rings. The normalized spacial score (nSPS) is 24.8. The fourth-order valence-electron chi connectivity index (χ4n) is 2.43. The van der Waals surface area contributed by atoms with Crippen molar-refractivity contribution < 1.29 is 9.84 Å². The first-order valence-electron chi connectivity index (χ1n) is 6.70. The third-order valence-electron chi connectivity index (χ3n) is 3.45. The molecule has 0 radical (unpaired) electrons. The van der Waals surface area contributed by atoms with Crippen LogP contribution in [0.3, 0.4) is 0 Å². The van der Waals surface area contributed by atoms with Gasteiger partial charge in [0.25, 0.3) is 0 Å². The molecule has 1 N–H and O–H groups in total. The van der Waals surface area contributed by atoms with Gasteiger partial charge in [-0.2, -0.15) is 0 Å². The standard InChI is InChI=1S/C15H22O2/c16-14-10-4-5-11-15(14)17-12-6-9-13-7-2-1-3-8-13/h1-3,7-8,14-16H,4-6,9-12H2. The SMILES string of the molecule is OC1CCCCC1OCCCc1ccccc1. The van der Waals surface area contributed by atoms with Gasteiger partial charge in [0.2, 0.25) is 0 Å². The van der Waals surface area contributed by atoms with Crippen molar-refractivity contribution >= 4 is 0 Å². The maximum absolute atomic E-state index is 9.76. The molecule has 0 aromatic heterocycles. The minimum absolute atomic E-state index is 0.0829. The van der Waals surface area contributed by atoms with E-state index in [4.69, 9.17) is 4.74 Å². The first-order valence-corrected chi connectivity index (χ1v) is 6.70. The van der Waals surface area contributed by atoms with Gasteiger partial charge in [0.15, 0.2) is 0 Å². The number of aliphatic hydroxyl groups is 1. The summed E-state index contributed by atoms with van der Waals surface area (Å²) in [4.78, 5) is 0. The second-order valence-electron chi connectivity index (χ2n) is 4.85. The van der Waals surface area contributed by atoms with Crippen LogP contribution in [-0.2, 0) is 11.2 Å². The summed E-state index contributed by atoms with van der Waals surface area (Å²) in [6.45, 7) is 0.761. The summed E-state index contributed by atoms with van der Waals surface area (Å²) in [7, 11) is 0. The van der Waals surface area contributed by atoms with Crippen molar-refractivity contribution in [1.82, 2.24) is 0 Å². The van der Waals surface area contributed by atoms with Crippen LogP contribution in [0.15, 0.2) is 30.3 Å². The molecule has 17 heavy (non-hydrogen) atoms. The van der Waals surface area contributed by atoms with Gasteiger partial charge >= 0.3 is 0 Å². The smallest absolute Gasteiger partial charge is 0.0833 e. The Kier molecular flexibility index (Phi) is 5.02. The van der Waals surface area contributed by atoms with Gasteiger partial charge in [-0.1, -0.05) is 43.2 Å². The average molecular weight is 234 g/mol. The molecular formula is C15H22O2. The van der Waals surface area contributed by atoms with E-state index in [0.717, 1.165) is 38.7 Å². The number of hydrogen-bond donors (Lipinski definition) is 1. The van der Waals surface area contributed by atoms with Gasteiger partial charge in [0.1, 0.15) is 0 Å². The maximum Gasteiger partial charge on any atom is 0.0833 e. The highest BCUT2D eigenvalue weighted by atomic mass is 16.5. The van der Waals surface area contributed by atoms with Crippen molar-refractivity contribution in [2.45, 2.75) is 50.7 Å². The topological polar surface area (TPSA) is 29.5 Å². The minimum Gasteiger partial charge on any atom is -0.390 e. The molecule has 1 aromatic carbocycles. The molecule has 1 saturated carbocycles. The molecule has 0 saturated heterocycles. The number of hydrogen-bond acceptors (Lipinski definition) is 2. The van der Waals surface area contributed by atoms with Gasteiger partial charge in [-0.15, -0.1) is 0 Å². The molecule has 94 valence electrons. The van der Waals surface area contributed by atoms with Crippen LogP contribution in [0.2, 0.25) is 0 Å². The first kappa shape index (κ1) is 12.6. The van der Waals surface area contributed by atoms with E-state index in [-0.39, 0.29) is 12.2 Å². The van der Waals surface area contributed by atoms with Gasteiger partial charge in [0, 0.05) is 6.61 Å². The summed E-state index contributed by atoms with van der Waals surface area (Å²) < 4.78 is 5.77. The molecule has 0 aliphatic heterocycles. The van der Waals surface area contributed by atoms with Crippen molar-refractivity contribution in [3.63, 3.8) is 0 Å². The zero-order chi connectivity index (χ0) is 11.9. The second-order valence-corrected chi connectivity index (χ2v) is 4.85. The highest BCUT2D eigenvalue weighted by Gasteiger charge is 2.23. The highest BCUT2D eigenvalue weighted by Crippen LogP contribution is 2.21. The Balaban J connectivity index is 1.63. The number of aryl methyl sites for hydroxylation is 1. The van der Waals surface area contributed by atoms with Crippen LogP contribution in [0, 0.1) is 0 Å². The van der Waals surface area contributed by atoms with E-state index in [1.54, 1.807) is 0 Å². The van der Waals surface area contributed by atoms with Crippen LogP contribution in [0.4, 0.5) is 0 Å². The van der Waals surface area contributed by atoms with Crippen molar-refractivity contribution in [2.24, 2.45) is 0 Å². The fourth-order valence-corrected chi connectivity index (χ4v) is 2.43. The van der Waals surface area contributed by atoms with Crippen LogP contribution >= 0.6 is 0 Å². The highest BCUT2D eigenvalue weighted by molar-refractivity contribution is 5.14. The lowest BCUT2D eigenvalue weighted by Gasteiger charge is -2.27. The number of aliphatic hydroxyl groups excluding tert-OH is 1. The molecule has 2 atom stereocenters. The van der Waals surface area contributed by atoms with Gasteiger partial charge in [-0.25, -0.2) is 0 Å². The molecule has 1 aliphatic carbocycles. The van der Waals surface area contributed by atoms with Crippen molar-refractivity contribution in [2.75, 3.05) is 6.61 Å². The van der Waals surface area contributed by atoms with Gasteiger partial charge < -0.3 is 9.84 Å². The predicted octanol–water partition coefficient (Wildman–Crippen LogP) is 2.94. The monoisotopic (exact) mass is 234 g/mol. The summed E-state index contributed by atoms with van der Waals surface area (Å²) in [5, 5.41) is 9.76. The summed E-state index contributed by atoms with van der Waals surface area (Å²) >= 11 is 0. The molecule has 1 fully saturated rings. The molecular weight excluding hydrogens is 212 g/mol. The van der Waals surface area contributed by atoms with Crippen LogP contribution in [0.25, 0.3) is 0 Å². The van der Waals surface area contributed by atoms with E-state index in [2.05, 4.69) is 24.3 Å². The van der Waals surface area contributed by atoms with Crippen molar-refractivity contribution in [3.05, 3.63) is 35.9 Å². The van der Waals surface area contributed by atoms with E-state index < -0.39 is 0 Å². The molecule has 2 unspecified atom stereocenters. The molecule has 0 bridgehead atoms. The first-order chi connectivity index (χ1) is 8.36. The average Bonchev–Trinajstić information content (AvgIpc) is 2.38. The quantitative estimate of drug-likeness (QED) is 0.794. The Bertz CT molecular complexity index is 310. The van der Waals surface area contributed by atoms with Crippen LogP contribution in [-0.4, -0.2) is 23.9 Å². The number of ether oxygens (including phenoxy) is 1. The Morgan fingerprint density at radius 1 is 1.12 bits per heavy atom. The van der Waals surface area contributed by atoms with Crippen LogP contribution in [0.5, 0.6) is 0 Å².